The number of esters is 2. The minimum atomic E-state index is -1.44. The highest BCUT2D eigenvalue weighted by Gasteiger charge is 2.31. The maximum absolute atomic E-state index is 12.0. The monoisotopic (exact) mass is 299 g/mol. The van der Waals surface area contributed by atoms with Crippen LogP contribution in [0.15, 0.2) is 12.1 Å². The van der Waals surface area contributed by atoms with Crippen LogP contribution in [0.25, 0.3) is 0 Å². The smallest absolute Gasteiger partial charge is 0.340 e. The Hall–Kier alpha value is -1.89. The molecule has 0 fully saturated rings. The molecular weight excluding hydrogens is 282 g/mol. The summed E-state index contributed by atoms with van der Waals surface area (Å²) in [6, 6.07) is 1.97. The zero-order valence-corrected chi connectivity index (χ0v) is 12.4. The van der Waals surface area contributed by atoms with Gasteiger partial charge in [-0.25, -0.2) is 9.59 Å². The third kappa shape index (κ3) is 4.34. The molecule has 1 aromatic heterocycles. The number of carbonyl (C=O) groups is 3. The molecule has 1 N–H and O–H groups in total. The first-order valence-electron chi connectivity index (χ1n) is 6.20. The second-order valence-corrected chi connectivity index (χ2v) is 5.11. The summed E-state index contributed by atoms with van der Waals surface area (Å²) in [6.07, 6.45) is 0. The molecule has 0 saturated carbocycles. The zero-order valence-electron chi connectivity index (χ0n) is 11.6. The predicted octanol–water partition coefficient (Wildman–Crippen LogP) is 1.28. The number of thiophene rings is 1. The van der Waals surface area contributed by atoms with Gasteiger partial charge in [0.15, 0.2) is 0 Å². The normalized spacial score (nSPS) is 10.2. The van der Waals surface area contributed by atoms with Crippen molar-refractivity contribution in [1.29, 1.82) is 0 Å². The number of hydrogen-bond acceptors (Lipinski definition) is 6. The van der Waals surface area contributed by atoms with Gasteiger partial charge < -0.3 is 14.8 Å². The lowest BCUT2D eigenvalue weighted by Crippen LogP contribution is -2.48. The molecule has 0 atom stereocenters. The van der Waals surface area contributed by atoms with Crippen LogP contribution in [0.5, 0.6) is 0 Å². The van der Waals surface area contributed by atoms with Crippen molar-refractivity contribution in [3.63, 3.8) is 0 Å². The Kier molecular flexibility index (Phi) is 6.17. The van der Waals surface area contributed by atoms with Crippen LogP contribution < -0.4 is 5.32 Å². The number of hydrogen-bond donors (Lipinski definition) is 1. The molecule has 0 aliphatic carbocycles. The quantitative estimate of drug-likeness (QED) is 0.632. The molecule has 20 heavy (non-hydrogen) atoms. The molecule has 0 bridgehead atoms. The largest absolute Gasteiger partial charge is 0.464 e. The molecule has 110 valence electrons. The van der Waals surface area contributed by atoms with Gasteiger partial charge in [-0.1, -0.05) is 0 Å². The molecule has 0 saturated heterocycles. The standard InChI is InChI=1S/C13H17NO5S/c1-4-18-12(16)10(13(17)19-5-2)14-11(15)9-7-6-8(3)20-9/h6-7,10H,4-5H2,1-3H3,(H,14,15). The van der Waals surface area contributed by atoms with E-state index in [4.69, 9.17) is 9.47 Å². The van der Waals surface area contributed by atoms with Gasteiger partial charge in [0.05, 0.1) is 18.1 Å². The fourth-order valence-corrected chi connectivity index (χ4v) is 2.19. The molecular formula is C13H17NO5S. The van der Waals surface area contributed by atoms with E-state index in [0.717, 1.165) is 4.88 Å². The van der Waals surface area contributed by atoms with Crippen molar-refractivity contribution in [2.75, 3.05) is 13.2 Å². The van der Waals surface area contributed by atoms with E-state index >= 15 is 0 Å². The Morgan fingerprint density at radius 2 is 1.70 bits per heavy atom. The Bertz CT molecular complexity index is 479. The summed E-state index contributed by atoms with van der Waals surface area (Å²) < 4.78 is 9.52. The summed E-state index contributed by atoms with van der Waals surface area (Å²) in [4.78, 5) is 36.7. The molecule has 7 heteroatoms. The topological polar surface area (TPSA) is 81.7 Å². The average Bonchev–Trinajstić information content (AvgIpc) is 2.83. The lowest BCUT2D eigenvalue weighted by Gasteiger charge is -2.15. The summed E-state index contributed by atoms with van der Waals surface area (Å²) in [7, 11) is 0. The predicted molar refractivity (Wildman–Crippen MR) is 73.6 cm³/mol. The number of rotatable bonds is 6. The van der Waals surface area contributed by atoms with Crippen LogP contribution >= 0.6 is 11.3 Å². The van der Waals surface area contributed by atoms with Gasteiger partial charge in [-0.05, 0) is 32.9 Å². The van der Waals surface area contributed by atoms with Crippen LogP contribution in [0.3, 0.4) is 0 Å². The number of carbonyl (C=O) groups excluding carboxylic acids is 3. The Balaban J connectivity index is 2.80. The van der Waals surface area contributed by atoms with Gasteiger partial charge in [0.2, 0.25) is 6.04 Å². The highest BCUT2D eigenvalue weighted by molar-refractivity contribution is 7.13. The molecule has 0 aliphatic heterocycles. The number of amides is 1. The van der Waals surface area contributed by atoms with Crippen molar-refractivity contribution in [3.05, 3.63) is 21.9 Å². The summed E-state index contributed by atoms with van der Waals surface area (Å²) >= 11 is 1.27. The first-order chi connectivity index (χ1) is 9.49. The van der Waals surface area contributed by atoms with E-state index in [9.17, 15) is 14.4 Å². The molecule has 0 aliphatic rings. The molecule has 1 aromatic rings. The van der Waals surface area contributed by atoms with Crippen molar-refractivity contribution in [2.45, 2.75) is 26.8 Å². The summed E-state index contributed by atoms with van der Waals surface area (Å²) in [5, 5.41) is 2.34. The first kappa shape index (κ1) is 16.2. The summed E-state index contributed by atoms with van der Waals surface area (Å²) in [6.45, 7) is 5.32. The van der Waals surface area contributed by atoms with E-state index in [1.807, 2.05) is 6.92 Å². The SMILES string of the molecule is CCOC(=O)C(NC(=O)c1ccc(C)s1)C(=O)OCC. The number of ether oxygens (including phenoxy) is 2. The second-order valence-electron chi connectivity index (χ2n) is 3.82. The van der Waals surface area contributed by atoms with Crippen LogP contribution in [0, 0.1) is 6.92 Å². The van der Waals surface area contributed by atoms with Gasteiger partial charge in [0.1, 0.15) is 0 Å². The van der Waals surface area contributed by atoms with Crippen molar-refractivity contribution in [1.82, 2.24) is 5.32 Å². The molecule has 1 amide bonds. The summed E-state index contributed by atoms with van der Waals surface area (Å²) in [5.41, 5.74) is 0. The third-order valence-corrected chi connectivity index (χ3v) is 3.28. The molecule has 1 heterocycles. The fourth-order valence-electron chi connectivity index (χ4n) is 1.42. The van der Waals surface area contributed by atoms with Gasteiger partial charge >= 0.3 is 11.9 Å². The minimum absolute atomic E-state index is 0.114. The van der Waals surface area contributed by atoms with E-state index in [1.165, 1.54) is 11.3 Å². The van der Waals surface area contributed by atoms with Gasteiger partial charge in [0, 0.05) is 4.88 Å². The van der Waals surface area contributed by atoms with Crippen LogP contribution in [0.4, 0.5) is 0 Å². The van der Waals surface area contributed by atoms with Crippen LogP contribution in [0.1, 0.15) is 28.4 Å². The van der Waals surface area contributed by atoms with E-state index in [1.54, 1.807) is 26.0 Å². The third-order valence-electron chi connectivity index (χ3n) is 2.28. The van der Waals surface area contributed by atoms with Gasteiger partial charge in [-0.15, -0.1) is 11.3 Å². The van der Waals surface area contributed by atoms with Crippen molar-refractivity contribution < 1.29 is 23.9 Å². The Morgan fingerprint density at radius 1 is 1.15 bits per heavy atom. The molecule has 1 rings (SSSR count). The second kappa shape index (κ2) is 7.64. The molecule has 0 radical (unpaired) electrons. The van der Waals surface area contributed by atoms with Gasteiger partial charge in [0.25, 0.3) is 5.91 Å². The van der Waals surface area contributed by atoms with Crippen molar-refractivity contribution >= 4 is 29.2 Å². The van der Waals surface area contributed by atoms with Crippen LogP contribution in [-0.2, 0) is 19.1 Å². The zero-order chi connectivity index (χ0) is 15.1. The average molecular weight is 299 g/mol. The fraction of sp³-hybridized carbons (Fsp3) is 0.462. The highest BCUT2D eigenvalue weighted by atomic mass is 32.1. The number of aryl methyl sites for hydroxylation is 1. The van der Waals surface area contributed by atoms with E-state index in [-0.39, 0.29) is 13.2 Å². The molecule has 0 spiro atoms. The highest BCUT2D eigenvalue weighted by Crippen LogP contribution is 2.15. The Morgan fingerprint density at radius 3 is 2.10 bits per heavy atom. The maximum Gasteiger partial charge on any atom is 0.340 e. The molecule has 0 aromatic carbocycles. The molecule has 0 unspecified atom stereocenters. The van der Waals surface area contributed by atoms with E-state index in [2.05, 4.69) is 5.32 Å². The maximum atomic E-state index is 12.0. The van der Waals surface area contributed by atoms with Gasteiger partial charge in [-0.2, -0.15) is 0 Å². The lowest BCUT2D eigenvalue weighted by atomic mass is 10.3. The lowest BCUT2D eigenvalue weighted by molar-refractivity contribution is -0.157. The van der Waals surface area contributed by atoms with E-state index < -0.39 is 23.9 Å². The number of nitrogens with one attached hydrogen (secondary N) is 1. The van der Waals surface area contributed by atoms with Crippen molar-refractivity contribution in [3.8, 4) is 0 Å². The Labute approximate surface area is 121 Å². The van der Waals surface area contributed by atoms with Gasteiger partial charge in [-0.3, -0.25) is 4.79 Å². The van der Waals surface area contributed by atoms with Crippen LogP contribution in [-0.4, -0.2) is 37.1 Å². The molecule has 6 nitrogen and oxygen atoms in total. The van der Waals surface area contributed by atoms with Crippen molar-refractivity contribution in [2.24, 2.45) is 0 Å². The first-order valence-corrected chi connectivity index (χ1v) is 7.01. The van der Waals surface area contributed by atoms with Crippen LogP contribution in [0.2, 0.25) is 0 Å². The van der Waals surface area contributed by atoms with E-state index in [0.29, 0.717) is 4.88 Å². The minimum Gasteiger partial charge on any atom is -0.464 e. The summed E-state index contributed by atoms with van der Waals surface area (Å²) in [5.74, 6) is -2.16.